The summed E-state index contributed by atoms with van der Waals surface area (Å²) < 4.78 is 5.19. The van der Waals surface area contributed by atoms with Crippen molar-refractivity contribution in [3.63, 3.8) is 0 Å². The summed E-state index contributed by atoms with van der Waals surface area (Å²) in [5, 5.41) is 0. The van der Waals surface area contributed by atoms with E-state index >= 15 is 0 Å². The maximum absolute atomic E-state index is 5.29. The van der Waals surface area contributed by atoms with Gasteiger partial charge in [-0.25, -0.2) is 5.84 Å². The molecule has 0 spiro atoms. The summed E-state index contributed by atoms with van der Waals surface area (Å²) in [5.74, 6) is 6.16. The van der Waals surface area contributed by atoms with Crippen LogP contribution in [0.25, 0.3) is 0 Å². The van der Waals surface area contributed by atoms with E-state index in [0.717, 1.165) is 18.9 Å². The van der Waals surface area contributed by atoms with Crippen LogP contribution in [0.2, 0.25) is 0 Å². The summed E-state index contributed by atoms with van der Waals surface area (Å²) in [7, 11) is 0. The van der Waals surface area contributed by atoms with Crippen LogP contribution in [0.1, 0.15) is 26.2 Å². The molecule has 0 saturated heterocycles. The van der Waals surface area contributed by atoms with Gasteiger partial charge in [0.15, 0.2) is 0 Å². The van der Waals surface area contributed by atoms with Crippen LogP contribution in [-0.4, -0.2) is 25.1 Å². The number of hydrogen-bond donors (Lipinski definition) is 2. The van der Waals surface area contributed by atoms with E-state index in [4.69, 9.17) is 10.6 Å². The van der Waals surface area contributed by atoms with Crippen LogP contribution in [0.3, 0.4) is 0 Å². The van der Waals surface area contributed by atoms with E-state index in [1.165, 1.54) is 12.8 Å². The Morgan fingerprint density at radius 1 is 1.67 bits per heavy atom. The lowest BCUT2D eigenvalue weighted by atomic mass is 10.4. The molecule has 0 radical (unpaired) electrons. The third kappa shape index (κ3) is 3.69. The SMILES string of the molecule is CCOCCC(=NC1CC1)NN. The highest BCUT2D eigenvalue weighted by Gasteiger charge is 2.20. The second kappa shape index (κ2) is 5.11. The summed E-state index contributed by atoms with van der Waals surface area (Å²) in [6.45, 7) is 3.43. The Morgan fingerprint density at radius 3 is 2.92 bits per heavy atom. The molecule has 0 heterocycles. The van der Waals surface area contributed by atoms with Crippen molar-refractivity contribution in [1.29, 1.82) is 0 Å². The van der Waals surface area contributed by atoms with E-state index < -0.39 is 0 Å². The van der Waals surface area contributed by atoms with Crippen LogP contribution < -0.4 is 11.3 Å². The minimum Gasteiger partial charge on any atom is -0.381 e. The normalized spacial score (nSPS) is 18.0. The molecule has 12 heavy (non-hydrogen) atoms. The van der Waals surface area contributed by atoms with Crippen molar-refractivity contribution in [1.82, 2.24) is 5.43 Å². The van der Waals surface area contributed by atoms with E-state index in [-0.39, 0.29) is 0 Å². The standard InChI is InChI=1S/C8H17N3O/c1-2-12-6-5-8(11-9)10-7-3-4-7/h7H,2-6,9H2,1H3,(H,10,11). The van der Waals surface area contributed by atoms with Gasteiger partial charge in [-0.2, -0.15) is 0 Å². The first-order valence-electron chi connectivity index (χ1n) is 4.47. The maximum atomic E-state index is 5.29. The molecule has 0 unspecified atom stereocenters. The Balaban J connectivity index is 2.15. The van der Waals surface area contributed by atoms with Crippen LogP contribution in [0, 0.1) is 0 Å². The molecule has 1 rings (SSSR count). The van der Waals surface area contributed by atoms with Gasteiger partial charge in [-0.05, 0) is 19.8 Å². The molecule has 4 heteroatoms. The van der Waals surface area contributed by atoms with E-state index in [0.29, 0.717) is 12.6 Å². The van der Waals surface area contributed by atoms with Gasteiger partial charge in [-0.1, -0.05) is 0 Å². The fourth-order valence-corrected chi connectivity index (χ4v) is 0.911. The monoisotopic (exact) mass is 171 g/mol. The van der Waals surface area contributed by atoms with Crippen LogP contribution in [0.4, 0.5) is 0 Å². The van der Waals surface area contributed by atoms with Gasteiger partial charge in [-0.3, -0.25) is 4.99 Å². The highest BCUT2D eigenvalue weighted by molar-refractivity contribution is 5.81. The third-order valence-electron chi connectivity index (χ3n) is 1.74. The molecule has 70 valence electrons. The Labute approximate surface area is 73.2 Å². The number of amidine groups is 1. The lowest BCUT2D eigenvalue weighted by Gasteiger charge is -2.04. The van der Waals surface area contributed by atoms with Crippen LogP contribution in [-0.2, 0) is 4.74 Å². The molecule has 3 N–H and O–H groups in total. The van der Waals surface area contributed by atoms with Gasteiger partial charge in [0.1, 0.15) is 5.84 Å². The third-order valence-corrected chi connectivity index (χ3v) is 1.74. The molecule has 0 bridgehead atoms. The Bertz CT molecular complexity index is 154. The quantitative estimate of drug-likeness (QED) is 0.207. The molecule has 0 aromatic carbocycles. The molecule has 1 saturated carbocycles. The average Bonchev–Trinajstić information content (AvgIpc) is 2.87. The summed E-state index contributed by atoms with van der Waals surface area (Å²) in [6, 6.07) is 0.526. The predicted molar refractivity (Wildman–Crippen MR) is 48.9 cm³/mol. The first kappa shape index (κ1) is 9.48. The maximum Gasteiger partial charge on any atom is 0.113 e. The molecule has 0 aromatic rings. The number of hydrazine groups is 1. The molecule has 1 fully saturated rings. The van der Waals surface area contributed by atoms with Gasteiger partial charge in [0.05, 0.1) is 12.6 Å². The minimum atomic E-state index is 0.526. The molecule has 0 amide bonds. The van der Waals surface area contributed by atoms with Gasteiger partial charge < -0.3 is 10.2 Å². The van der Waals surface area contributed by atoms with Crippen molar-refractivity contribution in [2.75, 3.05) is 13.2 Å². The minimum absolute atomic E-state index is 0.526. The highest BCUT2D eigenvalue weighted by Crippen LogP contribution is 2.23. The molecule has 4 nitrogen and oxygen atoms in total. The highest BCUT2D eigenvalue weighted by atomic mass is 16.5. The molecular formula is C8H17N3O. The second-order valence-corrected chi connectivity index (χ2v) is 2.90. The van der Waals surface area contributed by atoms with Gasteiger partial charge in [-0.15, -0.1) is 0 Å². The molecular weight excluding hydrogens is 154 g/mol. The smallest absolute Gasteiger partial charge is 0.113 e. The van der Waals surface area contributed by atoms with Crippen molar-refractivity contribution in [2.24, 2.45) is 10.8 Å². The van der Waals surface area contributed by atoms with Crippen molar-refractivity contribution in [3.8, 4) is 0 Å². The van der Waals surface area contributed by atoms with E-state index in [1.807, 2.05) is 6.92 Å². The van der Waals surface area contributed by atoms with Crippen molar-refractivity contribution < 1.29 is 4.74 Å². The Kier molecular flexibility index (Phi) is 4.04. The van der Waals surface area contributed by atoms with Crippen molar-refractivity contribution in [2.45, 2.75) is 32.2 Å². The number of rotatable bonds is 5. The van der Waals surface area contributed by atoms with E-state index in [2.05, 4.69) is 10.4 Å². The van der Waals surface area contributed by atoms with E-state index in [9.17, 15) is 0 Å². The molecule has 0 aromatic heterocycles. The second-order valence-electron chi connectivity index (χ2n) is 2.90. The largest absolute Gasteiger partial charge is 0.381 e. The Hall–Kier alpha value is -0.610. The van der Waals surface area contributed by atoms with Gasteiger partial charge >= 0.3 is 0 Å². The molecule has 1 aliphatic rings. The van der Waals surface area contributed by atoms with Gasteiger partial charge in [0.25, 0.3) is 0 Å². The zero-order valence-corrected chi connectivity index (χ0v) is 7.55. The predicted octanol–water partition coefficient (Wildman–Crippen LogP) is 0.437. The van der Waals surface area contributed by atoms with Gasteiger partial charge in [0.2, 0.25) is 0 Å². The fourth-order valence-electron chi connectivity index (χ4n) is 0.911. The number of ether oxygens (including phenoxy) is 1. The first-order valence-corrected chi connectivity index (χ1v) is 4.47. The number of hydrogen-bond acceptors (Lipinski definition) is 3. The molecule has 0 aliphatic heterocycles. The lowest BCUT2D eigenvalue weighted by Crippen LogP contribution is -2.31. The average molecular weight is 171 g/mol. The lowest BCUT2D eigenvalue weighted by molar-refractivity contribution is 0.154. The zero-order chi connectivity index (χ0) is 8.81. The summed E-state index contributed by atoms with van der Waals surface area (Å²) in [4.78, 5) is 4.38. The Morgan fingerprint density at radius 2 is 2.42 bits per heavy atom. The summed E-state index contributed by atoms with van der Waals surface area (Å²) in [6.07, 6.45) is 3.21. The van der Waals surface area contributed by atoms with Gasteiger partial charge in [0, 0.05) is 13.0 Å². The fraction of sp³-hybridized carbons (Fsp3) is 0.875. The molecule has 1 aliphatic carbocycles. The topological polar surface area (TPSA) is 59.6 Å². The zero-order valence-electron chi connectivity index (χ0n) is 7.55. The number of nitrogens with zero attached hydrogens (tertiary/aromatic N) is 1. The summed E-state index contributed by atoms with van der Waals surface area (Å²) in [5.41, 5.74) is 2.60. The van der Waals surface area contributed by atoms with Crippen molar-refractivity contribution >= 4 is 5.84 Å². The van der Waals surface area contributed by atoms with Crippen molar-refractivity contribution in [3.05, 3.63) is 0 Å². The number of nitrogens with one attached hydrogen (secondary N) is 1. The number of nitrogens with two attached hydrogens (primary N) is 1. The van der Waals surface area contributed by atoms with Crippen LogP contribution in [0.15, 0.2) is 4.99 Å². The number of aliphatic imine (C=N–C) groups is 1. The molecule has 0 atom stereocenters. The van der Waals surface area contributed by atoms with E-state index in [1.54, 1.807) is 0 Å². The first-order chi connectivity index (χ1) is 5.86. The van der Waals surface area contributed by atoms with Crippen LogP contribution >= 0.6 is 0 Å². The van der Waals surface area contributed by atoms with Crippen LogP contribution in [0.5, 0.6) is 0 Å². The summed E-state index contributed by atoms with van der Waals surface area (Å²) >= 11 is 0.